The maximum absolute atomic E-state index is 5.36. The quantitative estimate of drug-likeness (QED) is 0.688. The zero-order chi connectivity index (χ0) is 8.60. The summed E-state index contributed by atoms with van der Waals surface area (Å²) < 4.78 is 4.76. The molecule has 2 rings (SSSR count). The van der Waals surface area contributed by atoms with Crippen LogP contribution >= 0.6 is 0 Å². The van der Waals surface area contributed by atoms with E-state index in [-0.39, 0.29) is 11.4 Å². The standard InChI is InChI=1S/C8H13N3O/c1-8(4-2-3-5-8)6-10-7(9)12-11-6/h2-5H2,1H3,(H2,9,10,11). The van der Waals surface area contributed by atoms with Crippen molar-refractivity contribution in [1.29, 1.82) is 0 Å². The highest BCUT2D eigenvalue weighted by Gasteiger charge is 2.34. The third-order valence-corrected chi connectivity index (χ3v) is 2.69. The van der Waals surface area contributed by atoms with Crippen molar-refractivity contribution in [2.24, 2.45) is 0 Å². The molecule has 1 saturated carbocycles. The number of rotatable bonds is 1. The van der Waals surface area contributed by atoms with Gasteiger partial charge in [-0.05, 0) is 12.8 Å². The van der Waals surface area contributed by atoms with Gasteiger partial charge in [-0.2, -0.15) is 4.98 Å². The first-order valence-electron chi connectivity index (χ1n) is 4.30. The van der Waals surface area contributed by atoms with Crippen LogP contribution in [0, 0.1) is 0 Å². The number of anilines is 1. The van der Waals surface area contributed by atoms with E-state index in [9.17, 15) is 0 Å². The number of nitrogen functional groups attached to an aromatic ring is 1. The molecule has 2 N–H and O–H groups in total. The number of hydrogen-bond acceptors (Lipinski definition) is 4. The molecule has 4 nitrogen and oxygen atoms in total. The second kappa shape index (κ2) is 2.47. The summed E-state index contributed by atoms with van der Waals surface area (Å²) in [5.41, 5.74) is 5.48. The van der Waals surface area contributed by atoms with Gasteiger partial charge in [-0.25, -0.2) is 0 Å². The second-order valence-electron chi connectivity index (χ2n) is 3.72. The van der Waals surface area contributed by atoms with E-state index >= 15 is 0 Å². The Bertz CT molecular complexity index is 276. The van der Waals surface area contributed by atoms with Crippen molar-refractivity contribution in [3.05, 3.63) is 5.82 Å². The fourth-order valence-corrected chi connectivity index (χ4v) is 1.86. The van der Waals surface area contributed by atoms with Gasteiger partial charge in [0, 0.05) is 5.41 Å². The Morgan fingerprint density at radius 3 is 2.58 bits per heavy atom. The van der Waals surface area contributed by atoms with E-state index in [1.54, 1.807) is 0 Å². The smallest absolute Gasteiger partial charge is 0.318 e. The van der Waals surface area contributed by atoms with Crippen LogP contribution in [0.5, 0.6) is 0 Å². The predicted molar refractivity (Wildman–Crippen MR) is 44.5 cm³/mol. The average molecular weight is 167 g/mol. The van der Waals surface area contributed by atoms with Crippen LogP contribution in [0.1, 0.15) is 38.4 Å². The van der Waals surface area contributed by atoms with E-state index in [1.807, 2.05) is 0 Å². The monoisotopic (exact) mass is 167 g/mol. The Hall–Kier alpha value is -1.06. The molecule has 0 saturated heterocycles. The van der Waals surface area contributed by atoms with E-state index in [2.05, 4.69) is 17.1 Å². The molecule has 0 spiro atoms. The molecule has 1 fully saturated rings. The normalized spacial score (nSPS) is 21.4. The molecule has 0 bridgehead atoms. The molecule has 0 atom stereocenters. The van der Waals surface area contributed by atoms with Gasteiger partial charge in [0.2, 0.25) is 0 Å². The van der Waals surface area contributed by atoms with E-state index in [1.165, 1.54) is 12.8 Å². The number of nitrogens with two attached hydrogens (primary N) is 1. The van der Waals surface area contributed by atoms with Crippen molar-refractivity contribution in [3.8, 4) is 0 Å². The lowest BCUT2D eigenvalue weighted by molar-refractivity contribution is 0.385. The molecule has 1 aliphatic carbocycles. The van der Waals surface area contributed by atoms with Crippen molar-refractivity contribution < 1.29 is 4.52 Å². The van der Waals surface area contributed by atoms with Gasteiger partial charge in [-0.1, -0.05) is 24.9 Å². The lowest BCUT2D eigenvalue weighted by Crippen LogP contribution is -2.18. The fourth-order valence-electron chi connectivity index (χ4n) is 1.86. The molecule has 0 aromatic carbocycles. The topological polar surface area (TPSA) is 64.9 Å². The molecule has 0 radical (unpaired) electrons. The van der Waals surface area contributed by atoms with Gasteiger partial charge in [-0.15, -0.1) is 0 Å². The summed E-state index contributed by atoms with van der Waals surface area (Å²) in [5, 5.41) is 3.86. The Kier molecular flexibility index (Phi) is 1.56. The van der Waals surface area contributed by atoms with Crippen molar-refractivity contribution in [1.82, 2.24) is 10.1 Å². The maximum Gasteiger partial charge on any atom is 0.318 e. The Balaban J connectivity index is 2.28. The molecular weight excluding hydrogens is 154 g/mol. The van der Waals surface area contributed by atoms with Crippen LogP contribution < -0.4 is 5.73 Å². The third kappa shape index (κ3) is 1.07. The summed E-state index contributed by atoms with van der Waals surface area (Å²) >= 11 is 0. The van der Waals surface area contributed by atoms with Crippen LogP contribution in [-0.2, 0) is 5.41 Å². The zero-order valence-electron chi connectivity index (χ0n) is 7.21. The molecule has 1 aromatic rings. The Morgan fingerprint density at radius 2 is 2.08 bits per heavy atom. The highest BCUT2D eigenvalue weighted by molar-refractivity contribution is 5.14. The van der Waals surface area contributed by atoms with E-state index in [0.717, 1.165) is 18.7 Å². The Morgan fingerprint density at radius 1 is 1.42 bits per heavy atom. The highest BCUT2D eigenvalue weighted by Crippen LogP contribution is 2.38. The zero-order valence-corrected chi connectivity index (χ0v) is 7.21. The minimum atomic E-state index is 0.112. The van der Waals surface area contributed by atoms with Crippen molar-refractivity contribution in [2.75, 3.05) is 5.73 Å². The van der Waals surface area contributed by atoms with Crippen LogP contribution in [0.15, 0.2) is 4.52 Å². The van der Waals surface area contributed by atoms with Gasteiger partial charge < -0.3 is 10.3 Å². The lowest BCUT2D eigenvalue weighted by atomic mass is 9.88. The number of aromatic nitrogens is 2. The Labute approximate surface area is 71.1 Å². The first kappa shape index (κ1) is 7.58. The summed E-state index contributed by atoms with van der Waals surface area (Å²) in [7, 11) is 0. The van der Waals surface area contributed by atoms with Gasteiger partial charge in [0.15, 0.2) is 5.82 Å². The van der Waals surface area contributed by atoms with Crippen LogP contribution in [0.25, 0.3) is 0 Å². The molecule has 0 unspecified atom stereocenters. The first-order valence-corrected chi connectivity index (χ1v) is 4.30. The lowest BCUT2D eigenvalue weighted by Gasteiger charge is -2.17. The molecular formula is C8H13N3O. The minimum absolute atomic E-state index is 0.112. The van der Waals surface area contributed by atoms with Gasteiger partial charge in [0.05, 0.1) is 0 Å². The largest absolute Gasteiger partial charge is 0.351 e. The summed E-state index contributed by atoms with van der Waals surface area (Å²) in [5.74, 6) is 0.775. The van der Waals surface area contributed by atoms with Crippen molar-refractivity contribution in [3.63, 3.8) is 0 Å². The predicted octanol–water partition coefficient (Wildman–Crippen LogP) is 1.48. The van der Waals surface area contributed by atoms with E-state index < -0.39 is 0 Å². The summed E-state index contributed by atoms with van der Waals surface area (Å²) in [4.78, 5) is 4.06. The third-order valence-electron chi connectivity index (χ3n) is 2.69. The van der Waals surface area contributed by atoms with Gasteiger partial charge in [0.1, 0.15) is 0 Å². The molecule has 0 aliphatic heterocycles. The maximum atomic E-state index is 5.36. The van der Waals surface area contributed by atoms with E-state index in [4.69, 9.17) is 10.3 Å². The molecule has 1 aromatic heterocycles. The molecule has 1 aliphatic rings. The molecule has 66 valence electrons. The summed E-state index contributed by atoms with van der Waals surface area (Å²) in [6, 6.07) is 0.179. The van der Waals surface area contributed by atoms with Crippen LogP contribution in [0.2, 0.25) is 0 Å². The van der Waals surface area contributed by atoms with Crippen LogP contribution in [-0.4, -0.2) is 10.1 Å². The first-order chi connectivity index (χ1) is 5.71. The summed E-state index contributed by atoms with van der Waals surface area (Å²) in [6.45, 7) is 2.17. The van der Waals surface area contributed by atoms with Gasteiger partial charge in [0.25, 0.3) is 0 Å². The van der Waals surface area contributed by atoms with Crippen LogP contribution in [0.4, 0.5) is 6.01 Å². The minimum Gasteiger partial charge on any atom is -0.351 e. The molecule has 0 amide bonds. The highest BCUT2D eigenvalue weighted by atomic mass is 16.5. The number of nitrogens with zero attached hydrogens (tertiary/aromatic N) is 2. The van der Waals surface area contributed by atoms with Crippen molar-refractivity contribution in [2.45, 2.75) is 38.0 Å². The van der Waals surface area contributed by atoms with Gasteiger partial charge >= 0.3 is 6.01 Å². The molecule has 12 heavy (non-hydrogen) atoms. The van der Waals surface area contributed by atoms with Gasteiger partial charge in [-0.3, -0.25) is 0 Å². The van der Waals surface area contributed by atoms with E-state index in [0.29, 0.717) is 0 Å². The molecule has 1 heterocycles. The molecule has 4 heteroatoms. The van der Waals surface area contributed by atoms with Crippen molar-refractivity contribution >= 4 is 6.01 Å². The average Bonchev–Trinajstić information content (AvgIpc) is 2.59. The fraction of sp³-hybridized carbons (Fsp3) is 0.750. The summed E-state index contributed by atoms with van der Waals surface area (Å²) in [6.07, 6.45) is 4.80. The number of hydrogen-bond donors (Lipinski definition) is 1. The van der Waals surface area contributed by atoms with Crippen LogP contribution in [0.3, 0.4) is 0 Å². The SMILES string of the molecule is CC1(c2noc(N)n2)CCCC1. The second-order valence-corrected chi connectivity index (χ2v) is 3.72.